The molecule has 7 heteroatoms. The molecule has 3 rings (SSSR count). The van der Waals surface area contributed by atoms with E-state index in [0.29, 0.717) is 18.4 Å². The third-order valence-electron chi connectivity index (χ3n) is 4.94. The van der Waals surface area contributed by atoms with Gasteiger partial charge in [-0.1, -0.05) is 0 Å². The van der Waals surface area contributed by atoms with Gasteiger partial charge < -0.3 is 19.3 Å². The van der Waals surface area contributed by atoms with Crippen molar-refractivity contribution >= 4 is 11.7 Å². The summed E-state index contributed by atoms with van der Waals surface area (Å²) in [6, 6.07) is 0. The highest BCUT2D eigenvalue weighted by molar-refractivity contribution is 5.79. The zero-order chi connectivity index (χ0) is 16.9. The van der Waals surface area contributed by atoms with Crippen LogP contribution in [0, 0.1) is 11.8 Å². The predicted octanol–water partition coefficient (Wildman–Crippen LogP) is 1.20. The number of piperidine rings is 1. The SMILES string of the molecule is COc1nccnc1N(C)CC1CCN(C(=O)C2CCOC2)CC1. The van der Waals surface area contributed by atoms with Crippen molar-refractivity contribution in [3.8, 4) is 5.88 Å². The van der Waals surface area contributed by atoms with E-state index in [4.69, 9.17) is 9.47 Å². The third kappa shape index (κ3) is 3.77. The number of ether oxygens (including phenoxy) is 2. The van der Waals surface area contributed by atoms with Crippen molar-refractivity contribution in [2.75, 3.05) is 51.9 Å². The number of methoxy groups -OCH3 is 1. The molecule has 7 nitrogen and oxygen atoms in total. The number of likely N-dealkylation sites (tertiary alicyclic amines) is 1. The van der Waals surface area contributed by atoms with E-state index in [1.807, 2.05) is 11.9 Å². The Morgan fingerprint density at radius 1 is 1.33 bits per heavy atom. The van der Waals surface area contributed by atoms with E-state index < -0.39 is 0 Å². The van der Waals surface area contributed by atoms with Crippen LogP contribution in [0.3, 0.4) is 0 Å². The lowest BCUT2D eigenvalue weighted by atomic mass is 9.95. The number of carbonyl (C=O) groups is 1. The average molecular weight is 334 g/mol. The maximum absolute atomic E-state index is 12.4. The van der Waals surface area contributed by atoms with Gasteiger partial charge in [0.1, 0.15) is 0 Å². The fourth-order valence-electron chi connectivity index (χ4n) is 3.52. The first-order valence-electron chi connectivity index (χ1n) is 8.61. The molecule has 24 heavy (non-hydrogen) atoms. The lowest BCUT2D eigenvalue weighted by Crippen LogP contribution is -2.43. The average Bonchev–Trinajstić information content (AvgIpc) is 3.16. The number of anilines is 1. The molecule has 1 atom stereocenters. The molecule has 0 aromatic carbocycles. The molecule has 2 aliphatic rings. The molecule has 0 bridgehead atoms. The minimum atomic E-state index is 0.0769. The molecule has 0 saturated carbocycles. The molecule has 2 saturated heterocycles. The van der Waals surface area contributed by atoms with Crippen molar-refractivity contribution in [1.29, 1.82) is 0 Å². The van der Waals surface area contributed by atoms with E-state index in [1.165, 1.54) is 0 Å². The number of carbonyl (C=O) groups excluding carboxylic acids is 1. The first-order chi connectivity index (χ1) is 11.7. The largest absolute Gasteiger partial charge is 0.478 e. The van der Waals surface area contributed by atoms with E-state index in [0.717, 1.165) is 51.3 Å². The van der Waals surface area contributed by atoms with Gasteiger partial charge in [-0.2, -0.15) is 0 Å². The van der Waals surface area contributed by atoms with Gasteiger partial charge in [0, 0.05) is 45.7 Å². The molecule has 0 spiro atoms. The maximum Gasteiger partial charge on any atom is 0.257 e. The van der Waals surface area contributed by atoms with Gasteiger partial charge in [-0.25, -0.2) is 9.97 Å². The molecule has 132 valence electrons. The van der Waals surface area contributed by atoms with Crippen LogP contribution in [-0.4, -0.2) is 67.8 Å². The van der Waals surface area contributed by atoms with Crippen molar-refractivity contribution in [2.45, 2.75) is 19.3 Å². The zero-order valence-electron chi connectivity index (χ0n) is 14.5. The van der Waals surface area contributed by atoms with Gasteiger partial charge in [0.15, 0.2) is 5.82 Å². The molecule has 0 radical (unpaired) electrons. The summed E-state index contributed by atoms with van der Waals surface area (Å²) in [5.74, 6) is 2.21. The van der Waals surface area contributed by atoms with Gasteiger partial charge in [-0.05, 0) is 25.2 Å². The summed E-state index contributed by atoms with van der Waals surface area (Å²) in [4.78, 5) is 25.1. The Morgan fingerprint density at radius 2 is 2.08 bits per heavy atom. The quantitative estimate of drug-likeness (QED) is 0.806. The van der Waals surface area contributed by atoms with Crippen LogP contribution in [0.2, 0.25) is 0 Å². The number of rotatable bonds is 5. The summed E-state index contributed by atoms with van der Waals surface area (Å²) in [7, 11) is 3.62. The number of amides is 1. The Balaban J connectivity index is 1.50. The predicted molar refractivity (Wildman–Crippen MR) is 90.1 cm³/mol. The van der Waals surface area contributed by atoms with Crippen LogP contribution in [-0.2, 0) is 9.53 Å². The second-order valence-electron chi connectivity index (χ2n) is 6.60. The fraction of sp³-hybridized carbons (Fsp3) is 0.706. The Hall–Kier alpha value is -1.89. The molecule has 1 aromatic rings. The van der Waals surface area contributed by atoms with Crippen LogP contribution in [0.15, 0.2) is 12.4 Å². The van der Waals surface area contributed by atoms with E-state index in [1.54, 1.807) is 19.5 Å². The number of hydrogen-bond acceptors (Lipinski definition) is 6. The van der Waals surface area contributed by atoms with Gasteiger partial charge in [-0.3, -0.25) is 4.79 Å². The molecule has 0 aliphatic carbocycles. The molecule has 1 amide bonds. The Kier molecular flexibility index (Phi) is 5.50. The standard InChI is InChI=1S/C17H26N4O3/c1-20(15-16(23-2)19-7-6-18-15)11-13-3-8-21(9-4-13)17(22)14-5-10-24-12-14/h6-7,13-14H,3-5,8-12H2,1-2H3. The van der Waals surface area contributed by atoms with Crippen LogP contribution >= 0.6 is 0 Å². The van der Waals surface area contributed by atoms with Gasteiger partial charge >= 0.3 is 0 Å². The molecule has 0 N–H and O–H groups in total. The molecule has 2 aliphatic heterocycles. The second-order valence-corrected chi connectivity index (χ2v) is 6.60. The third-order valence-corrected chi connectivity index (χ3v) is 4.94. The highest BCUT2D eigenvalue weighted by Gasteiger charge is 2.31. The van der Waals surface area contributed by atoms with E-state index in [-0.39, 0.29) is 11.8 Å². The molecular weight excluding hydrogens is 308 g/mol. The first kappa shape index (κ1) is 17.0. The van der Waals surface area contributed by atoms with Gasteiger partial charge in [0.25, 0.3) is 5.88 Å². The molecule has 1 aromatic heterocycles. The van der Waals surface area contributed by atoms with E-state index >= 15 is 0 Å². The lowest BCUT2D eigenvalue weighted by Gasteiger charge is -2.35. The number of nitrogens with zero attached hydrogens (tertiary/aromatic N) is 4. The summed E-state index contributed by atoms with van der Waals surface area (Å²) >= 11 is 0. The lowest BCUT2D eigenvalue weighted by molar-refractivity contribution is -0.136. The summed E-state index contributed by atoms with van der Waals surface area (Å²) in [5.41, 5.74) is 0. The number of hydrogen-bond donors (Lipinski definition) is 0. The fourth-order valence-corrected chi connectivity index (χ4v) is 3.52. The zero-order valence-corrected chi connectivity index (χ0v) is 14.5. The van der Waals surface area contributed by atoms with Crippen molar-refractivity contribution in [3.63, 3.8) is 0 Å². The van der Waals surface area contributed by atoms with Gasteiger partial charge in [0.05, 0.1) is 19.6 Å². The van der Waals surface area contributed by atoms with Crippen LogP contribution in [0.4, 0.5) is 5.82 Å². The summed E-state index contributed by atoms with van der Waals surface area (Å²) in [6.45, 7) is 3.88. The maximum atomic E-state index is 12.4. The summed E-state index contributed by atoms with van der Waals surface area (Å²) in [5, 5.41) is 0. The Morgan fingerprint density at radius 3 is 2.75 bits per heavy atom. The monoisotopic (exact) mass is 334 g/mol. The van der Waals surface area contributed by atoms with E-state index in [9.17, 15) is 4.79 Å². The molecule has 2 fully saturated rings. The summed E-state index contributed by atoms with van der Waals surface area (Å²) < 4.78 is 10.6. The van der Waals surface area contributed by atoms with Crippen LogP contribution in [0.25, 0.3) is 0 Å². The van der Waals surface area contributed by atoms with Crippen molar-refractivity contribution in [1.82, 2.24) is 14.9 Å². The van der Waals surface area contributed by atoms with Crippen LogP contribution in [0.5, 0.6) is 5.88 Å². The summed E-state index contributed by atoms with van der Waals surface area (Å²) in [6.07, 6.45) is 6.22. The van der Waals surface area contributed by atoms with Gasteiger partial charge in [-0.15, -0.1) is 0 Å². The van der Waals surface area contributed by atoms with Gasteiger partial charge in [0.2, 0.25) is 5.91 Å². The highest BCUT2D eigenvalue weighted by atomic mass is 16.5. The van der Waals surface area contributed by atoms with Crippen LogP contribution < -0.4 is 9.64 Å². The van der Waals surface area contributed by atoms with Crippen molar-refractivity contribution in [3.05, 3.63) is 12.4 Å². The van der Waals surface area contributed by atoms with Crippen molar-refractivity contribution < 1.29 is 14.3 Å². The van der Waals surface area contributed by atoms with Crippen LogP contribution in [0.1, 0.15) is 19.3 Å². The molecular formula is C17H26N4O3. The molecule has 3 heterocycles. The van der Waals surface area contributed by atoms with Crippen molar-refractivity contribution in [2.24, 2.45) is 11.8 Å². The minimum absolute atomic E-state index is 0.0769. The second kappa shape index (κ2) is 7.79. The van der Waals surface area contributed by atoms with E-state index in [2.05, 4.69) is 14.9 Å². The first-order valence-corrected chi connectivity index (χ1v) is 8.61. The minimum Gasteiger partial charge on any atom is -0.478 e. The topological polar surface area (TPSA) is 67.8 Å². The molecule has 1 unspecified atom stereocenters. The highest BCUT2D eigenvalue weighted by Crippen LogP contribution is 2.26. The Labute approximate surface area is 143 Å². The smallest absolute Gasteiger partial charge is 0.257 e. The Bertz CT molecular complexity index is 555. The normalized spacial score (nSPS) is 21.8. The number of aromatic nitrogens is 2.